The highest BCUT2D eigenvalue weighted by Gasteiger charge is 2.19. The summed E-state index contributed by atoms with van der Waals surface area (Å²) in [4.78, 5) is 37.8. The Kier molecular flexibility index (Phi) is 44.3. The number of unbranched alkanes of at least 4 members (excludes halogenated alkanes) is 8. The highest BCUT2D eigenvalue weighted by molar-refractivity contribution is 5.71. The lowest BCUT2D eigenvalue weighted by Crippen LogP contribution is -2.30. The zero-order chi connectivity index (χ0) is 44.4. The van der Waals surface area contributed by atoms with Gasteiger partial charge in [0.05, 0.1) is 0 Å². The number of hydrogen-bond donors (Lipinski definition) is 0. The number of allylic oxidation sites excluding steroid dienone is 24. The highest BCUT2D eigenvalue weighted by Crippen LogP contribution is 2.11. The van der Waals surface area contributed by atoms with Gasteiger partial charge < -0.3 is 14.2 Å². The van der Waals surface area contributed by atoms with Crippen LogP contribution in [0.15, 0.2) is 146 Å². The number of hydrogen-bond acceptors (Lipinski definition) is 6. The van der Waals surface area contributed by atoms with Gasteiger partial charge in [0, 0.05) is 19.3 Å². The van der Waals surface area contributed by atoms with E-state index in [1.807, 2.05) is 54.7 Å². The summed E-state index contributed by atoms with van der Waals surface area (Å²) in [5.74, 6) is -1.10. The second kappa shape index (κ2) is 48.0. The summed E-state index contributed by atoms with van der Waals surface area (Å²) in [6.45, 7) is 6.09. The first-order valence-corrected chi connectivity index (χ1v) is 23.4. The van der Waals surface area contributed by atoms with Crippen molar-refractivity contribution in [1.29, 1.82) is 0 Å². The lowest BCUT2D eigenvalue weighted by atomic mass is 10.1. The summed E-state index contributed by atoms with van der Waals surface area (Å²) in [5, 5.41) is 0. The zero-order valence-corrected chi connectivity index (χ0v) is 38.4. The van der Waals surface area contributed by atoms with Crippen molar-refractivity contribution in [2.24, 2.45) is 0 Å². The third-order valence-electron chi connectivity index (χ3n) is 8.95. The van der Waals surface area contributed by atoms with Crippen molar-refractivity contribution in [3.63, 3.8) is 0 Å². The van der Waals surface area contributed by atoms with Crippen molar-refractivity contribution < 1.29 is 28.6 Å². The Balaban J connectivity index is 4.56. The zero-order valence-electron chi connectivity index (χ0n) is 38.4. The fourth-order valence-electron chi connectivity index (χ4n) is 5.54. The van der Waals surface area contributed by atoms with Gasteiger partial charge in [-0.3, -0.25) is 14.4 Å². The van der Waals surface area contributed by atoms with Crippen molar-refractivity contribution >= 4 is 17.9 Å². The molecule has 0 radical (unpaired) electrons. The smallest absolute Gasteiger partial charge is 0.306 e. The monoisotopic (exact) mass is 839 g/mol. The van der Waals surface area contributed by atoms with Crippen molar-refractivity contribution in [3.8, 4) is 0 Å². The second-order valence-corrected chi connectivity index (χ2v) is 14.6. The number of carbonyl (C=O) groups is 3. The molecule has 1 atom stereocenters. The number of carbonyl (C=O) groups excluding carboxylic acids is 3. The third-order valence-corrected chi connectivity index (χ3v) is 8.95. The molecule has 0 N–H and O–H groups in total. The number of rotatable bonds is 39. The van der Waals surface area contributed by atoms with E-state index in [9.17, 15) is 14.4 Å². The molecule has 1 unspecified atom stereocenters. The minimum absolute atomic E-state index is 0.137. The average molecular weight is 839 g/mol. The maximum Gasteiger partial charge on any atom is 0.306 e. The second-order valence-electron chi connectivity index (χ2n) is 14.6. The minimum atomic E-state index is -0.846. The summed E-state index contributed by atoms with van der Waals surface area (Å²) in [6, 6.07) is 0. The van der Waals surface area contributed by atoms with Crippen LogP contribution in [0.5, 0.6) is 0 Å². The highest BCUT2D eigenvalue weighted by atomic mass is 16.6. The van der Waals surface area contributed by atoms with Crippen LogP contribution in [0, 0.1) is 0 Å². The van der Waals surface area contributed by atoms with Gasteiger partial charge in [-0.25, -0.2) is 0 Å². The van der Waals surface area contributed by atoms with Gasteiger partial charge >= 0.3 is 17.9 Å². The van der Waals surface area contributed by atoms with Crippen LogP contribution in [0.2, 0.25) is 0 Å². The lowest BCUT2D eigenvalue weighted by Gasteiger charge is -2.18. The predicted molar refractivity (Wildman–Crippen MR) is 260 cm³/mol. The molecule has 0 aromatic carbocycles. The van der Waals surface area contributed by atoms with E-state index in [0.29, 0.717) is 25.7 Å². The fraction of sp³-hybridized carbons (Fsp3) is 0.509. The van der Waals surface area contributed by atoms with Crippen LogP contribution < -0.4 is 0 Å². The van der Waals surface area contributed by atoms with Crippen molar-refractivity contribution in [2.45, 2.75) is 168 Å². The molecule has 0 heterocycles. The van der Waals surface area contributed by atoms with Crippen LogP contribution in [0.4, 0.5) is 0 Å². The first-order chi connectivity index (χ1) is 30.0. The molecule has 0 saturated carbocycles. The van der Waals surface area contributed by atoms with Crippen molar-refractivity contribution in [2.75, 3.05) is 13.2 Å². The van der Waals surface area contributed by atoms with Gasteiger partial charge in [0.2, 0.25) is 0 Å². The van der Waals surface area contributed by atoms with E-state index >= 15 is 0 Å². The van der Waals surface area contributed by atoms with Gasteiger partial charge in [0.25, 0.3) is 0 Å². The van der Waals surface area contributed by atoms with Crippen LogP contribution in [0.3, 0.4) is 0 Å². The molecule has 0 aliphatic heterocycles. The largest absolute Gasteiger partial charge is 0.462 e. The normalized spacial score (nSPS) is 13.4. The van der Waals surface area contributed by atoms with Crippen LogP contribution in [0.1, 0.15) is 162 Å². The molecular formula is C55H82O6. The Labute approximate surface area is 372 Å². The molecule has 0 aliphatic carbocycles. The molecule has 0 spiro atoms. The molecule has 338 valence electrons. The number of ether oxygens (including phenoxy) is 3. The molecule has 6 heteroatoms. The van der Waals surface area contributed by atoms with Gasteiger partial charge in [-0.15, -0.1) is 0 Å². The molecule has 0 aromatic heterocycles. The van der Waals surface area contributed by atoms with Gasteiger partial charge in [-0.05, 0) is 96.3 Å². The Bertz CT molecular complexity index is 1430. The van der Waals surface area contributed by atoms with E-state index in [-0.39, 0.29) is 38.0 Å². The van der Waals surface area contributed by atoms with Crippen molar-refractivity contribution in [1.82, 2.24) is 0 Å². The lowest BCUT2D eigenvalue weighted by molar-refractivity contribution is -0.167. The summed E-state index contributed by atoms with van der Waals surface area (Å²) in [6.07, 6.45) is 68.5. The molecule has 6 nitrogen and oxygen atoms in total. The van der Waals surface area contributed by atoms with E-state index in [1.165, 1.54) is 12.8 Å². The molecular weight excluding hydrogens is 757 g/mol. The molecule has 61 heavy (non-hydrogen) atoms. The Hall–Kier alpha value is -4.71. The van der Waals surface area contributed by atoms with Crippen LogP contribution in [-0.2, 0) is 28.6 Å². The van der Waals surface area contributed by atoms with Gasteiger partial charge in [-0.2, -0.15) is 0 Å². The standard InChI is InChI=1S/C55H82O6/c1-4-7-10-13-16-19-22-24-25-26-27-28-29-31-33-36-39-42-45-48-54(57)60-51-52(50-59-53(56)47-44-41-38-35-32-21-18-15-12-9-6-3)61-55(58)49-46-43-40-37-34-30-23-20-17-14-11-8-5-2/h7-12,14,16-21,23-25,27-28,30,34-35,37-38,40,52H,4-6,13,15,22,26,29,31-33,36,39,41-51H2,1-3H3/b10-7-,11-8-,12-9-,17-14-,19-16-,21-18-,23-20-,25-24-,28-27-,34-30-,38-35-,40-37-. The van der Waals surface area contributed by atoms with Crippen molar-refractivity contribution in [3.05, 3.63) is 146 Å². The summed E-state index contributed by atoms with van der Waals surface area (Å²) in [7, 11) is 0. The van der Waals surface area contributed by atoms with E-state index in [2.05, 4.69) is 112 Å². The molecule has 0 rings (SSSR count). The average Bonchev–Trinajstić information content (AvgIpc) is 3.26. The number of esters is 3. The first-order valence-electron chi connectivity index (χ1n) is 23.4. The van der Waals surface area contributed by atoms with Crippen LogP contribution in [0.25, 0.3) is 0 Å². The first kappa shape index (κ1) is 56.3. The Morgan fingerprint density at radius 2 is 0.689 bits per heavy atom. The van der Waals surface area contributed by atoms with E-state index in [1.54, 1.807) is 0 Å². The van der Waals surface area contributed by atoms with Gasteiger partial charge in [0.1, 0.15) is 13.2 Å². The summed E-state index contributed by atoms with van der Waals surface area (Å²) in [5.41, 5.74) is 0. The molecule has 0 fully saturated rings. The fourth-order valence-corrected chi connectivity index (χ4v) is 5.54. The Morgan fingerprint density at radius 1 is 0.344 bits per heavy atom. The molecule has 0 aromatic rings. The SMILES string of the molecule is CC\C=C/C=C\C=C/C=C\C=C/CCCC(=O)OC(COC(=O)CCC/C=C\C/C=C\C/C=C\CC)COC(=O)CCCCCCCC/C=C\C/C=C\C/C=C\C/C=C\CC. The van der Waals surface area contributed by atoms with E-state index < -0.39 is 12.1 Å². The van der Waals surface area contributed by atoms with Crippen LogP contribution >= 0.6 is 0 Å². The van der Waals surface area contributed by atoms with Gasteiger partial charge in [-0.1, -0.05) is 192 Å². The topological polar surface area (TPSA) is 78.9 Å². The maximum atomic E-state index is 12.7. The Morgan fingerprint density at radius 3 is 1.18 bits per heavy atom. The van der Waals surface area contributed by atoms with Gasteiger partial charge in [0.15, 0.2) is 6.10 Å². The third kappa shape index (κ3) is 46.2. The van der Waals surface area contributed by atoms with Crippen LogP contribution in [-0.4, -0.2) is 37.2 Å². The minimum Gasteiger partial charge on any atom is -0.462 e. The quantitative estimate of drug-likeness (QED) is 0.0202. The van der Waals surface area contributed by atoms with E-state index in [4.69, 9.17) is 14.2 Å². The maximum absolute atomic E-state index is 12.7. The summed E-state index contributed by atoms with van der Waals surface area (Å²) >= 11 is 0. The molecule has 0 saturated heterocycles. The summed E-state index contributed by atoms with van der Waals surface area (Å²) < 4.78 is 16.6. The predicted octanol–water partition coefficient (Wildman–Crippen LogP) is 15.3. The van der Waals surface area contributed by atoms with E-state index in [0.717, 1.165) is 89.9 Å². The molecule has 0 bridgehead atoms. The molecule has 0 amide bonds. The molecule has 0 aliphatic rings.